The fraction of sp³-hybridized carbons (Fsp3) is 0.650. The quantitative estimate of drug-likeness (QED) is 0.204. The van der Waals surface area contributed by atoms with Gasteiger partial charge in [-0.25, -0.2) is 0 Å². The number of carboxylic acids is 1. The summed E-state index contributed by atoms with van der Waals surface area (Å²) in [5.41, 5.74) is 0. The van der Waals surface area contributed by atoms with Crippen LogP contribution in [0.3, 0.4) is 0 Å². The number of rotatable bonds is 15. The maximum atomic E-state index is 10.4. The smallest absolute Gasteiger partial charge is 0.303 e. The number of unbranched alkanes of at least 4 members (excludes halogenated alkanes) is 3. The summed E-state index contributed by atoms with van der Waals surface area (Å²) in [6.07, 6.45) is 17.0. The number of carboxylic acid groups (broad SMARTS) is 1. The van der Waals surface area contributed by atoms with Gasteiger partial charge in [0.25, 0.3) is 0 Å². The van der Waals surface area contributed by atoms with Crippen LogP contribution in [0.2, 0.25) is 0 Å². The highest BCUT2D eigenvalue weighted by molar-refractivity contribution is 5.66. The van der Waals surface area contributed by atoms with Crippen LogP contribution in [0.1, 0.15) is 71.1 Å². The third kappa shape index (κ3) is 14.6. The van der Waals surface area contributed by atoms with Crippen molar-refractivity contribution in [2.45, 2.75) is 83.0 Å². The summed E-state index contributed by atoms with van der Waals surface area (Å²) in [4.78, 5) is 10.4. The highest BCUT2D eigenvalue weighted by atomic mass is 16.5. The van der Waals surface area contributed by atoms with E-state index in [1.807, 2.05) is 12.2 Å². The van der Waals surface area contributed by atoms with E-state index in [-0.39, 0.29) is 25.7 Å². The number of aliphatic hydroxyl groups excluding tert-OH is 1. The summed E-state index contributed by atoms with van der Waals surface area (Å²) in [6.45, 7) is 2.19. The van der Waals surface area contributed by atoms with Crippen molar-refractivity contribution < 1.29 is 25.2 Å². The first-order valence-corrected chi connectivity index (χ1v) is 9.19. The largest absolute Gasteiger partial charge is 0.481 e. The van der Waals surface area contributed by atoms with Crippen molar-refractivity contribution in [3.8, 4) is 0 Å². The number of aliphatic hydroxyl groups is 3. The molecule has 1 atom stereocenters. The van der Waals surface area contributed by atoms with Crippen LogP contribution < -0.4 is 0 Å². The first kappa shape index (κ1) is 23.6. The Balaban J connectivity index is 3.86. The second-order valence-corrected chi connectivity index (χ2v) is 6.27. The van der Waals surface area contributed by atoms with Crippen molar-refractivity contribution in [3.63, 3.8) is 0 Å². The Morgan fingerprint density at radius 2 is 1.56 bits per heavy atom. The minimum atomic E-state index is -2.22. The Hall–Kier alpha value is -1.43. The molecule has 0 aromatic carbocycles. The number of aliphatic carboxylic acids is 1. The molecule has 0 rings (SSSR count). The molecule has 0 aliphatic carbocycles. The monoisotopic (exact) mass is 354 g/mol. The van der Waals surface area contributed by atoms with E-state index in [4.69, 9.17) is 5.11 Å². The molecule has 0 aromatic heterocycles. The fourth-order valence-corrected chi connectivity index (χ4v) is 2.24. The van der Waals surface area contributed by atoms with E-state index in [2.05, 4.69) is 25.2 Å². The Labute approximate surface area is 151 Å². The molecule has 0 radical (unpaired) electrons. The lowest BCUT2D eigenvalue weighted by atomic mass is 10.0. The van der Waals surface area contributed by atoms with Gasteiger partial charge in [-0.1, -0.05) is 56.2 Å². The molecule has 0 saturated carbocycles. The van der Waals surface area contributed by atoms with Crippen LogP contribution in [0.15, 0.2) is 36.5 Å². The first-order valence-electron chi connectivity index (χ1n) is 9.19. The molecular formula is C20H34O5. The Morgan fingerprint density at radius 3 is 2.16 bits per heavy atom. The topological polar surface area (TPSA) is 98.0 Å². The molecule has 0 fully saturated rings. The molecule has 0 amide bonds. The van der Waals surface area contributed by atoms with Gasteiger partial charge in [-0.05, 0) is 38.5 Å². The maximum absolute atomic E-state index is 10.4. The highest BCUT2D eigenvalue weighted by Gasteiger charge is 2.31. The van der Waals surface area contributed by atoms with Gasteiger partial charge in [0.05, 0.1) is 0 Å². The number of hydrogen-bond acceptors (Lipinski definition) is 4. The van der Waals surface area contributed by atoms with Crippen molar-refractivity contribution in [1.29, 1.82) is 0 Å². The SMILES string of the molecule is CCCCCC=CCC=CCC=CCC(O)(O)C(O)CCCC(=O)O. The van der Waals surface area contributed by atoms with Gasteiger partial charge < -0.3 is 20.4 Å². The van der Waals surface area contributed by atoms with Crippen molar-refractivity contribution in [1.82, 2.24) is 0 Å². The molecule has 25 heavy (non-hydrogen) atoms. The second-order valence-electron chi connectivity index (χ2n) is 6.27. The molecule has 1 unspecified atom stereocenters. The van der Waals surface area contributed by atoms with Crippen LogP contribution in [0, 0.1) is 0 Å². The molecule has 0 aliphatic heterocycles. The van der Waals surface area contributed by atoms with Gasteiger partial charge >= 0.3 is 5.97 Å². The molecule has 0 aliphatic rings. The fourth-order valence-electron chi connectivity index (χ4n) is 2.24. The molecule has 0 bridgehead atoms. The van der Waals surface area contributed by atoms with Crippen molar-refractivity contribution in [3.05, 3.63) is 36.5 Å². The van der Waals surface area contributed by atoms with Crippen LogP contribution in [0.25, 0.3) is 0 Å². The molecule has 5 heteroatoms. The third-order valence-electron chi connectivity index (χ3n) is 3.84. The van der Waals surface area contributed by atoms with Gasteiger partial charge in [-0.3, -0.25) is 4.79 Å². The summed E-state index contributed by atoms with van der Waals surface area (Å²) in [5, 5.41) is 37.8. The summed E-state index contributed by atoms with van der Waals surface area (Å²) >= 11 is 0. The number of hydrogen-bond donors (Lipinski definition) is 4. The third-order valence-corrected chi connectivity index (χ3v) is 3.84. The molecular weight excluding hydrogens is 320 g/mol. The van der Waals surface area contributed by atoms with Crippen LogP contribution in [-0.4, -0.2) is 38.3 Å². The summed E-state index contributed by atoms with van der Waals surface area (Å²) in [7, 11) is 0. The average molecular weight is 354 g/mol. The van der Waals surface area contributed by atoms with E-state index >= 15 is 0 Å². The highest BCUT2D eigenvalue weighted by Crippen LogP contribution is 2.18. The minimum Gasteiger partial charge on any atom is -0.481 e. The van der Waals surface area contributed by atoms with Gasteiger partial charge in [0.1, 0.15) is 6.10 Å². The van der Waals surface area contributed by atoms with Crippen LogP contribution in [0.4, 0.5) is 0 Å². The lowest BCUT2D eigenvalue weighted by molar-refractivity contribution is -0.223. The van der Waals surface area contributed by atoms with E-state index in [0.717, 1.165) is 12.8 Å². The average Bonchev–Trinajstić information content (AvgIpc) is 2.55. The summed E-state index contributed by atoms with van der Waals surface area (Å²) in [5.74, 6) is -3.18. The molecule has 0 heterocycles. The Kier molecular flexibility index (Phi) is 14.0. The summed E-state index contributed by atoms with van der Waals surface area (Å²) in [6, 6.07) is 0. The van der Waals surface area contributed by atoms with Gasteiger partial charge in [-0.2, -0.15) is 0 Å². The first-order chi connectivity index (χ1) is 11.9. The van der Waals surface area contributed by atoms with Gasteiger partial charge in [0.2, 0.25) is 0 Å². The van der Waals surface area contributed by atoms with E-state index in [1.54, 1.807) is 6.08 Å². The molecule has 4 N–H and O–H groups in total. The summed E-state index contributed by atoms with van der Waals surface area (Å²) < 4.78 is 0. The van der Waals surface area contributed by atoms with Gasteiger partial charge in [-0.15, -0.1) is 0 Å². The Bertz CT molecular complexity index is 424. The van der Waals surface area contributed by atoms with Crippen molar-refractivity contribution in [2.75, 3.05) is 0 Å². The van der Waals surface area contributed by atoms with Gasteiger partial charge in [0.15, 0.2) is 5.79 Å². The van der Waals surface area contributed by atoms with E-state index in [0.29, 0.717) is 6.42 Å². The molecule has 0 saturated heterocycles. The molecule has 5 nitrogen and oxygen atoms in total. The van der Waals surface area contributed by atoms with Crippen molar-refractivity contribution >= 4 is 5.97 Å². The second kappa shape index (κ2) is 14.9. The van der Waals surface area contributed by atoms with Crippen LogP contribution in [-0.2, 0) is 4.79 Å². The zero-order valence-corrected chi connectivity index (χ0v) is 15.3. The number of allylic oxidation sites excluding steroid dienone is 5. The predicted molar refractivity (Wildman–Crippen MR) is 100 cm³/mol. The standard InChI is InChI=1S/C20H34O5/c1-2-3-4-5-6-7-8-9-10-11-12-13-17-20(24,25)18(21)15-14-16-19(22)23/h6-7,9-10,12-13,18,21,24-25H,2-5,8,11,14-17H2,1H3,(H,22,23). The zero-order chi connectivity index (χ0) is 19.0. The predicted octanol–water partition coefficient (Wildman–Crippen LogP) is 3.70. The van der Waals surface area contributed by atoms with Crippen LogP contribution >= 0.6 is 0 Å². The van der Waals surface area contributed by atoms with Crippen LogP contribution in [0.5, 0.6) is 0 Å². The lowest BCUT2D eigenvalue weighted by Gasteiger charge is -2.26. The molecule has 144 valence electrons. The Morgan fingerprint density at radius 1 is 0.960 bits per heavy atom. The number of carbonyl (C=O) groups is 1. The normalized spacial score (nSPS) is 14.1. The minimum absolute atomic E-state index is 0.0393. The lowest BCUT2D eigenvalue weighted by Crippen LogP contribution is -2.41. The molecule has 0 aromatic rings. The van der Waals surface area contributed by atoms with E-state index in [1.165, 1.54) is 19.3 Å². The van der Waals surface area contributed by atoms with Crippen molar-refractivity contribution in [2.24, 2.45) is 0 Å². The maximum Gasteiger partial charge on any atom is 0.303 e. The molecule has 0 spiro atoms. The van der Waals surface area contributed by atoms with Gasteiger partial charge in [0, 0.05) is 12.8 Å². The zero-order valence-electron chi connectivity index (χ0n) is 15.3. The van der Waals surface area contributed by atoms with E-state index < -0.39 is 17.9 Å². The van der Waals surface area contributed by atoms with E-state index in [9.17, 15) is 20.1 Å².